The van der Waals surface area contributed by atoms with Crippen LogP contribution in [0.25, 0.3) is 0 Å². The number of aryl methyl sites for hydroxylation is 1. The average molecular weight is 208 g/mol. The molecule has 0 spiro atoms. The van der Waals surface area contributed by atoms with Gasteiger partial charge in [-0.1, -0.05) is 13.0 Å². The van der Waals surface area contributed by atoms with Gasteiger partial charge in [-0.2, -0.15) is 0 Å². The SMILES string of the molecule is CCCNc1c([N+](=O)[O-])ccc(C)c1C. The van der Waals surface area contributed by atoms with E-state index in [1.165, 1.54) is 0 Å². The fraction of sp³-hybridized carbons (Fsp3) is 0.455. The Labute approximate surface area is 89.5 Å². The smallest absolute Gasteiger partial charge is 0.292 e. The summed E-state index contributed by atoms with van der Waals surface area (Å²) in [5, 5.41) is 13.9. The topological polar surface area (TPSA) is 55.2 Å². The molecule has 0 bridgehead atoms. The molecule has 0 radical (unpaired) electrons. The van der Waals surface area contributed by atoms with E-state index in [0.29, 0.717) is 5.69 Å². The molecule has 0 saturated carbocycles. The zero-order valence-electron chi connectivity index (χ0n) is 9.33. The van der Waals surface area contributed by atoms with Gasteiger partial charge in [0.2, 0.25) is 0 Å². The van der Waals surface area contributed by atoms with Crippen LogP contribution in [0, 0.1) is 24.0 Å². The van der Waals surface area contributed by atoms with Gasteiger partial charge in [0.05, 0.1) is 4.92 Å². The lowest BCUT2D eigenvalue weighted by Crippen LogP contribution is -2.05. The average Bonchev–Trinajstić information content (AvgIpc) is 2.19. The van der Waals surface area contributed by atoms with Crippen molar-refractivity contribution in [2.45, 2.75) is 27.2 Å². The highest BCUT2D eigenvalue weighted by Crippen LogP contribution is 2.29. The molecular formula is C11H16N2O2. The first-order valence-electron chi connectivity index (χ1n) is 5.06. The van der Waals surface area contributed by atoms with Gasteiger partial charge in [0.15, 0.2) is 0 Å². The monoisotopic (exact) mass is 208 g/mol. The second-order valence-electron chi connectivity index (χ2n) is 3.59. The van der Waals surface area contributed by atoms with Gasteiger partial charge < -0.3 is 5.32 Å². The third kappa shape index (κ3) is 2.46. The lowest BCUT2D eigenvalue weighted by Gasteiger charge is -2.10. The highest BCUT2D eigenvalue weighted by molar-refractivity contribution is 5.67. The molecule has 0 unspecified atom stereocenters. The van der Waals surface area contributed by atoms with Crippen molar-refractivity contribution in [1.82, 2.24) is 0 Å². The number of hydrogen-bond acceptors (Lipinski definition) is 3. The van der Waals surface area contributed by atoms with E-state index >= 15 is 0 Å². The third-order valence-electron chi connectivity index (χ3n) is 2.46. The van der Waals surface area contributed by atoms with Crippen LogP contribution in [0.4, 0.5) is 11.4 Å². The molecule has 1 aromatic carbocycles. The van der Waals surface area contributed by atoms with Crippen molar-refractivity contribution in [1.29, 1.82) is 0 Å². The van der Waals surface area contributed by atoms with Crippen LogP contribution in [0.1, 0.15) is 24.5 Å². The molecule has 0 atom stereocenters. The van der Waals surface area contributed by atoms with Gasteiger partial charge in [-0.25, -0.2) is 0 Å². The first kappa shape index (κ1) is 11.5. The summed E-state index contributed by atoms with van der Waals surface area (Å²) in [6.45, 7) is 6.64. The molecule has 82 valence electrons. The molecule has 1 N–H and O–H groups in total. The number of nitrogens with one attached hydrogen (secondary N) is 1. The summed E-state index contributed by atoms with van der Waals surface area (Å²) in [5.41, 5.74) is 2.84. The highest BCUT2D eigenvalue weighted by atomic mass is 16.6. The molecule has 0 aliphatic rings. The largest absolute Gasteiger partial charge is 0.379 e. The molecule has 0 heterocycles. The van der Waals surface area contributed by atoms with Crippen LogP contribution >= 0.6 is 0 Å². The molecule has 1 rings (SSSR count). The normalized spacial score (nSPS) is 10.1. The predicted octanol–water partition coefficient (Wildman–Crippen LogP) is 3.03. The van der Waals surface area contributed by atoms with E-state index in [-0.39, 0.29) is 10.6 Å². The van der Waals surface area contributed by atoms with Gasteiger partial charge >= 0.3 is 0 Å². The summed E-state index contributed by atoms with van der Waals surface area (Å²) < 4.78 is 0. The quantitative estimate of drug-likeness (QED) is 0.611. The maximum absolute atomic E-state index is 10.8. The Bertz CT molecular complexity index is 375. The molecular weight excluding hydrogens is 192 g/mol. The standard InChI is InChI=1S/C11H16N2O2/c1-4-7-12-11-9(3)8(2)5-6-10(11)13(14)15/h5-6,12H,4,7H2,1-3H3. The van der Waals surface area contributed by atoms with E-state index in [0.717, 1.165) is 24.1 Å². The van der Waals surface area contributed by atoms with Crippen LogP contribution in [-0.4, -0.2) is 11.5 Å². The van der Waals surface area contributed by atoms with Crippen molar-refractivity contribution in [2.75, 3.05) is 11.9 Å². The second kappa shape index (κ2) is 4.77. The fourth-order valence-corrected chi connectivity index (χ4v) is 1.43. The summed E-state index contributed by atoms with van der Waals surface area (Å²) in [7, 11) is 0. The Morgan fingerprint density at radius 3 is 2.60 bits per heavy atom. The molecule has 15 heavy (non-hydrogen) atoms. The molecule has 0 aromatic heterocycles. The van der Waals surface area contributed by atoms with Crippen molar-refractivity contribution in [2.24, 2.45) is 0 Å². The lowest BCUT2D eigenvalue weighted by atomic mass is 10.1. The number of nitrogens with zero attached hydrogens (tertiary/aromatic N) is 1. The molecule has 4 heteroatoms. The van der Waals surface area contributed by atoms with E-state index < -0.39 is 0 Å². The Kier molecular flexibility index (Phi) is 3.66. The van der Waals surface area contributed by atoms with E-state index in [2.05, 4.69) is 5.32 Å². The summed E-state index contributed by atoms with van der Waals surface area (Å²) in [6, 6.07) is 3.34. The van der Waals surface area contributed by atoms with Gasteiger partial charge in [-0.3, -0.25) is 10.1 Å². The predicted molar refractivity (Wildman–Crippen MR) is 61.4 cm³/mol. The highest BCUT2D eigenvalue weighted by Gasteiger charge is 2.16. The zero-order valence-corrected chi connectivity index (χ0v) is 9.33. The van der Waals surface area contributed by atoms with Crippen LogP contribution in [-0.2, 0) is 0 Å². The van der Waals surface area contributed by atoms with E-state index in [1.807, 2.05) is 20.8 Å². The minimum absolute atomic E-state index is 0.159. The number of benzene rings is 1. The maximum atomic E-state index is 10.8. The Hall–Kier alpha value is -1.58. The van der Waals surface area contributed by atoms with Crippen molar-refractivity contribution in [3.8, 4) is 0 Å². The van der Waals surface area contributed by atoms with E-state index in [9.17, 15) is 10.1 Å². The maximum Gasteiger partial charge on any atom is 0.292 e. The number of nitro benzene ring substituents is 1. The molecule has 0 amide bonds. The first-order chi connectivity index (χ1) is 7.07. The Morgan fingerprint density at radius 2 is 2.07 bits per heavy atom. The Balaban J connectivity index is 3.16. The van der Waals surface area contributed by atoms with Gasteiger partial charge in [-0.15, -0.1) is 0 Å². The lowest BCUT2D eigenvalue weighted by molar-refractivity contribution is -0.384. The summed E-state index contributed by atoms with van der Waals surface area (Å²) >= 11 is 0. The first-order valence-corrected chi connectivity index (χ1v) is 5.06. The molecule has 0 aliphatic carbocycles. The van der Waals surface area contributed by atoms with Crippen molar-refractivity contribution >= 4 is 11.4 Å². The zero-order chi connectivity index (χ0) is 11.4. The van der Waals surface area contributed by atoms with Crippen LogP contribution < -0.4 is 5.32 Å². The van der Waals surface area contributed by atoms with Crippen LogP contribution in [0.5, 0.6) is 0 Å². The number of nitro groups is 1. The fourth-order valence-electron chi connectivity index (χ4n) is 1.43. The minimum atomic E-state index is -0.343. The molecule has 0 fully saturated rings. The van der Waals surface area contributed by atoms with Crippen LogP contribution in [0.2, 0.25) is 0 Å². The van der Waals surface area contributed by atoms with Crippen LogP contribution in [0.15, 0.2) is 12.1 Å². The van der Waals surface area contributed by atoms with E-state index in [1.54, 1.807) is 12.1 Å². The Morgan fingerprint density at radius 1 is 1.40 bits per heavy atom. The second-order valence-corrected chi connectivity index (χ2v) is 3.59. The van der Waals surface area contributed by atoms with Crippen LogP contribution in [0.3, 0.4) is 0 Å². The number of rotatable bonds is 4. The summed E-state index contributed by atoms with van der Waals surface area (Å²) in [4.78, 5) is 10.5. The molecule has 1 aromatic rings. The van der Waals surface area contributed by atoms with Gasteiger partial charge in [0, 0.05) is 12.6 Å². The summed E-state index contributed by atoms with van der Waals surface area (Å²) in [5.74, 6) is 0. The van der Waals surface area contributed by atoms with Crippen molar-refractivity contribution in [3.05, 3.63) is 33.4 Å². The summed E-state index contributed by atoms with van der Waals surface area (Å²) in [6.07, 6.45) is 0.949. The third-order valence-corrected chi connectivity index (χ3v) is 2.46. The molecule has 4 nitrogen and oxygen atoms in total. The van der Waals surface area contributed by atoms with Gasteiger partial charge in [0.1, 0.15) is 5.69 Å². The number of hydrogen-bond donors (Lipinski definition) is 1. The van der Waals surface area contributed by atoms with Crippen molar-refractivity contribution < 1.29 is 4.92 Å². The van der Waals surface area contributed by atoms with Gasteiger partial charge in [0.25, 0.3) is 5.69 Å². The van der Waals surface area contributed by atoms with Gasteiger partial charge in [-0.05, 0) is 31.4 Å². The number of anilines is 1. The molecule has 0 aliphatic heterocycles. The van der Waals surface area contributed by atoms with Crippen molar-refractivity contribution in [3.63, 3.8) is 0 Å². The van der Waals surface area contributed by atoms with E-state index in [4.69, 9.17) is 0 Å². The molecule has 0 saturated heterocycles. The minimum Gasteiger partial charge on any atom is -0.379 e.